The number of thiazole rings is 1. The van der Waals surface area contributed by atoms with E-state index in [0.29, 0.717) is 6.04 Å². The standard InChI is InChI=1S/C11H18N2S/c1-9(10-4-2-3-5-10)12-6-11-7-14-8-13-11/h7-10,12H,2-6H2,1H3. The van der Waals surface area contributed by atoms with E-state index in [4.69, 9.17) is 0 Å². The Morgan fingerprint density at radius 1 is 1.57 bits per heavy atom. The number of rotatable bonds is 4. The lowest BCUT2D eigenvalue weighted by Gasteiger charge is -2.19. The highest BCUT2D eigenvalue weighted by atomic mass is 32.1. The third-order valence-electron chi connectivity index (χ3n) is 3.20. The Bertz CT molecular complexity index is 252. The van der Waals surface area contributed by atoms with Gasteiger partial charge in [-0.1, -0.05) is 12.8 Å². The van der Waals surface area contributed by atoms with E-state index in [0.717, 1.165) is 12.5 Å². The van der Waals surface area contributed by atoms with Crippen LogP contribution in [0.25, 0.3) is 0 Å². The van der Waals surface area contributed by atoms with E-state index in [9.17, 15) is 0 Å². The van der Waals surface area contributed by atoms with Crippen molar-refractivity contribution in [1.82, 2.24) is 10.3 Å². The molecule has 1 heterocycles. The van der Waals surface area contributed by atoms with Crippen LogP contribution in [0, 0.1) is 5.92 Å². The van der Waals surface area contributed by atoms with Crippen LogP contribution in [0.3, 0.4) is 0 Å². The first-order valence-corrected chi connectivity index (χ1v) is 6.41. The zero-order chi connectivity index (χ0) is 9.80. The molecule has 3 heteroatoms. The largest absolute Gasteiger partial charge is 0.308 e. The van der Waals surface area contributed by atoms with Crippen LogP contribution in [0.15, 0.2) is 10.9 Å². The van der Waals surface area contributed by atoms with Gasteiger partial charge in [-0.15, -0.1) is 11.3 Å². The molecule has 0 amide bonds. The van der Waals surface area contributed by atoms with E-state index in [-0.39, 0.29) is 0 Å². The van der Waals surface area contributed by atoms with Gasteiger partial charge >= 0.3 is 0 Å². The van der Waals surface area contributed by atoms with Crippen LogP contribution in [-0.4, -0.2) is 11.0 Å². The Hall–Kier alpha value is -0.410. The number of nitrogens with one attached hydrogen (secondary N) is 1. The molecule has 0 aromatic carbocycles. The number of hydrogen-bond donors (Lipinski definition) is 1. The molecule has 2 nitrogen and oxygen atoms in total. The Kier molecular flexibility index (Phi) is 3.54. The summed E-state index contributed by atoms with van der Waals surface area (Å²) in [4.78, 5) is 4.27. The molecule has 0 aliphatic heterocycles. The van der Waals surface area contributed by atoms with E-state index in [1.807, 2.05) is 5.51 Å². The quantitative estimate of drug-likeness (QED) is 0.826. The van der Waals surface area contributed by atoms with Crippen LogP contribution >= 0.6 is 11.3 Å². The predicted molar refractivity (Wildman–Crippen MR) is 60.4 cm³/mol. The maximum Gasteiger partial charge on any atom is 0.0795 e. The van der Waals surface area contributed by atoms with Gasteiger partial charge in [-0.25, -0.2) is 4.98 Å². The molecule has 1 fully saturated rings. The minimum Gasteiger partial charge on any atom is -0.308 e. The van der Waals surface area contributed by atoms with Crippen molar-refractivity contribution in [1.29, 1.82) is 0 Å². The van der Waals surface area contributed by atoms with Crippen molar-refractivity contribution in [3.63, 3.8) is 0 Å². The lowest BCUT2D eigenvalue weighted by molar-refractivity contribution is 0.379. The molecule has 78 valence electrons. The van der Waals surface area contributed by atoms with Crippen LogP contribution in [0.5, 0.6) is 0 Å². The second-order valence-corrected chi connectivity index (χ2v) is 4.91. The summed E-state index contributed by atoms with van der Waals surface area (Å²) in [5, 5.41) is 5.69. The van der Waals surface area contributed by atoms with Gasteiger partial charge in [-0.3, -0.25) is 0 Å². The molecule has 14 heavy (non-hydrogen) atoms. The fourth-order valence-corrected chi connectivity index (χ4v) is 2.77. The molecule has 0 radical (unpaired) electrons. The van der Waals surface area contributed by atoms with Crippen LogP contribution in [-0.2, 0) is 6.54 Å². The van der Waals surface area contributed by atoms with Crippen LogP contribution < -0.4 is 5.32 Å². The zero-order valence-electron chi connectivity index (χ0n) is 8.70. The summed E-state index contributed by atoms with van der Waals surface area (Å²) in [6.45, 7) is 3.24. The van der Waals surface area contributed by atoms with Gasteiger partial charge in [0, 0.05) is 18.0 Å². The average Bonchev–Trinajstić information content (AvgIpc) is 2.87. The lowest BCUT2D eigenvalue weighted by Crippen LogP contribution is -2.31. The highest BCUT2D eigenvalue weighted by Gasteiger charge is 2.20. The van der Waals surface area contributed by atoms with Gasteiger partial charge in [-0.2, -0.15) is 0 Å². The molecule has 0 spiro atoms. The van der Waals surface area contributed by atoms with Gasteiger partial charge in [0.1, 0.15) is 0 Å². The van der Waals surface area contributed by atoms with Gasteiger partial charge in [-0.05, 0) is 25.7 Å². The normalized spacial score (nSPS) is 20.1. The lowest BCUT2D eigenvalue weighted by atomic mass is 10.00. The number of hydrogen-bond acceptors (Lipinski definition) is 3. The molecule has 1 saturated carbocycles. The van der Waals surface area contributed by atoms with Gasteiger partial charge in [0.2, 0.25) is 0 Å². The van der Waals surface area contributed by atoms with Crippen molar-refractivity contribution in [3.8, 4) is 0 Å². The molecule has 0 saturated heterocycles. The van der Waals surface area contributed by atoms with Crippen molar-refractivity contribution in [2.45, 2.75) is 45.2 Å². The molecule has 1 aliphatic carbocycles. The molecular formula is C11H18N2S. The fourth-order valence-electron chi connectivity index (χ4n) is 2.21. The van der Waals surface area contributed by atoms with E-state index in [1.54, 1.807) is 11.3 Å². The van der Waals surface area contributed by atoms with Crippen LogP contribution in [0.1, 0.15) is 38.3 Å². The van der Waals surface area contributed by atoms with E-state index in [1.165, 1.54) is 31.4 Å². The van der Waals surface area contributed by atoms with Crippen molar-refractivity contribution < 1.29 is 0 Å². The topological polar surface area (TPSA) is 24.9 Å². The first-order chi connectivity index (χ1) is 6.86. The molecule has 1 aromatic rings. The molecule has 0 bridgehead atoms. The highest BCUT2D eigenvalue weighted by molar-refractivity contribution is 7.07. The summed E-state index contributed by atoms with van der Waals surface area (Å²) in [6.07, 6.45) is 5.66. The van der Waals surface area contributed by atoms with E-state index >= 15 is 0 Å². The zero-order valence-corrected chi connectivity index (χ0v) is 9.52. The SMILES string of the molecule is CC(NCc1cscn1)C1CCCC1. The minimum atomic E-state index is 0.652. The van der Waals surface area contributed by atoms with Crippen molar-refractivity contribution in [3.05, 3.63) is 16.6 Å². The number of nitrogens with zero attached hydrogens (tertiary/aromatic N) is 1. The highest BCUT2D eigenvalue weighted by Crippen LogP contribution is 2.27. The summed E-state index contributed by atoms with van der Waals surface area (Å²) in [7, 11) is 0. The fraction of sp³-hybridized carbons (Fsp3) is 0.727. The maximum absolute atomic E-state index is 4.27. The summed E-state index contributed by atoms with van der Waals surface area (Å²) < 4.78 is 0. The van der Waals surface area contributed by atoms with Gasteiger partial charge in [0.15, 0.2) is 0 Å². The minimum absolute atomic E-state index is 0.652. The van der Waals surface area contributed by atoms with Gasteiger partial charge in [0.05, 0.1) is 11.2 Å². The van der Waals surface area contributed by atoms with Crippen LogP contribution in [0.4, 0.5) is 0 Å². The molecule has 1 aromatic heterocycles. The van der Waals surface area contributed by atoms with Crippen LogP contribution in [0.2, 0.25) is 0 Å². The first kappa shape index (κ1) is 10.1. The second kappa shape index (κ2) is 4.89. The monoisotopic (exact) mass is 210 g/mol. The van der Waals surface area contributed by atoms with Crippen molar-refractivity contribution >= 4 is 11.3 Å². The molecule has 1 unspecified atom stereocenters. The Labute approximate surface area is 89.8 Å². The molecule has 1 N–H and O–H groups in total. The Morgan fingerprint density at radius 3 is 3.00 bits per heavy atom. The second-order valence-electron chi connectivity index (χ2n) is 4.19. The first-order valence-electron chi connectivity index (χ1n) is 5.46. The van der Waals surface area contributed by atoms with Gasteiger partial charge in [0.25, 0.3) is 0 Å². The van der Waals surface area contributed by atoms with Crippen molar-refractivity contribution in [2.24, 2.45) is 5.92 Å². The summed E-state index contributed by atoms with van der Waals surface area (Å²) in [6, 6.07) is 0.652. The van der Waals surface area contributed by atoms with Gasteiger partial charge < -0.3 is 5.32 Å². The van der Waals surface area contributed by atoms with E-state index < -0.39 is 0 Å². The smallest absolute Gasteiger partial charge is 0.0795 e. The molecule has 1 atom stereocenters. The number of aromatic nitrogens is 1. The maximum atomic E-state index is 4.27. The molecule has 1 aliphatic rings. The summed E-state index contributed by atoms with van der Waals surface area (Å²) >= 11 is 1.67. The molecular weight excluding hydrogens is 192 g/mol. The Balaban J connectivity index is 1.74. The third kappa shape index (κ3) is 2.55. The average molecular weight is 210 g/mol. The Morgan fingerprint density at radius 2 is 2.36 bits per heavy atom. The van der Waals surface area contributed by atoms with Crippen molar-refractivity contribution in [2.75, 3.05) is 0 Å². The van der Waals surface area contributed by atoms with E-state index in [2.05, 4.69) is 22.6 Å². The summed E-state index contributed by atoms with van der Waals surface area (Å²) in [5.41, 5.74) is 3.08. The summed E-state index contributed by atoms with van der Waals surface area (Å²) in [5.74, 6) is 0.897. The third-order valence-corrected chi connectivity index (χ3v) is 3.83. The molecule has 2 rings (SSSR count). The predicted octanol–water partition coefficient (Wildman–Crippen LogP) is 2.81.